The summed E-state index contributed by atoms with van der Waals surface area (Å²) in [5.41, 5.74) is 7.58. The van der Waals surface area contributed by atoms with Gasteiger partial charge in [0.25, 0.3) is 0 Å². The van der Waals surface area contributed by atoms with Gasteiger partial charge in [-0.25, -0.2) is 4.79 Å². The summed E-state index contributed by atoms with van der Waals surface area (Å²) < 4.78 is 0. The van der Waals surface area contributed by atoms with Crippen molar-refractivity contribution in [2.75, 3.05) is 13.1 Å². The topological polar surface area (TPSA) is 102 Å². The molecule has 0 amide bonds. The first kappa shape index (κ1) is 14.6. The maximum Gasteiger partial charge on any atom is 0.331 e. The van der Waals surface area contributed by atoms with Crippen LogP contribution in [-0.4, -0.2) is 30.1 Å². The van der Waals surface area contributed by atoms with E-state index in [-0.39, 0.29) is 12.0 Å². The van der Waals surface area contributed by atoms with Crippen LogP contribution in [0.5, 0.6) is 0 Å². The predicted molar refractivity (Wildman–Crippen MR) is 58.4 cm³/mol. The largest absolute Gasteiger partial charge is 0.478 e. The molecule has 92 valence electrons. The van der Waals surface area contributed by atoms with E-state index in [9.17, 15) is 9.59 Å². The first-order chi connectivity index (χ1) is 7.57. The molecule has 4 N–H and O–H groups in total. The minimum Gasteiger partial charge on any atom is -0.478 e. The zero-order valence-corrected chi connectivity index (χ0v) is 9.20. The van der Waals surface area contributed by atoms with E-state index in [1.54, 1.807) is 0 Å². The molecule has 6 nitrogen and oxygen atoms in total. The van der Waals surface area contributed by atoms with E-state index in [0.29, 0.717) is 13.1 Å². The second kappa shape index (κ2) is 8.87. The van der Waals surface area contributed by atoms with Gasteiger partial charge in [0.2, 0.25) is 0 Å². The van der Waals surface area contributed by atoms with Gasteiger partial charge in [-0.2, -0.15) is 5.48 Å². The molecular weight excluding hydrogens is 212 g/mol. The van der Waals surface area contributed by atoms with Gasteiger partial charge in [-0.15, -0.1) is 0 Å². The second-order valence-corrected chi connectivity index (χ2v) is 3.30. The normalized spacial score (nSPS) is 9.81. The minimum absolute atomic E-state index is 0.185. The Hall–Kier alpha value is -1.40. The van der Waals surface area contributed by atoms with E-state index in [1.165, 1.54) is 0 Å². The second-order valence-electron chi connectivity index (χ2n) is 3.30. The lowest BCUT2D eigenvalue weighted by Crippen LogP contribution is -2.22. The Balaban J connectivity index is 3.44. The van der Waals surface area contributed by atoms with Crippen LogP contribution in [0, 0.1) is 0 Å². The van der Waals surface area contributed by atoms with Crippen molar-refractivity contribution in [3.63, 3.8) is 0 Å². The van der Waals surface area contributed by atoms with E-state index >= 15 is 0 Å². The van der Waals surface area contributed by atoms with Crippen molar-refractivity contribution in [3.8, 4) is 0 Å². The first-order valence-electron chi connectivity index (χ1n) is 5.11. The molecule has 0 spiro atoms. The van der Waals surface area contributed by atoms with Crippen LogP contribution in [0.15, 0.2) is 12.2 Å². The number of hydroxylamine groups is 1. The summed E-state index contributed by atoms with van der Waals surface area (Å²) in [6.45, 7) is 4.40. The fraction of sp³-hybridized carbons (Fsp3) is 0.600. The van der Waals surface area contributed by atoms with Gasteiger partial charge in [0.1, 0.15) is 0 Å². The number of rotatable bonds is 9. The van der Waals surface area contributed by atoms with Crippen LogP contribution in [0.4, 0.5) is 0 Å². The fourth-order valence-corrected chi connectivity index (χ4v) is 0.936. The number of carbonyl (C=O) groups is 2. The van der Waals surface area contributed by atoms with Gasteiger partial charge in [0.05, 0.1) is 6.42 Å². The first-order valence-corrected chi connectivity index (χ1v) is 5.11. The number of carbonyl (C=O) groups excluding carboxylic acids is 1. The van der Waals surface area contributed by atoms with Crippen molar-refractivity contribution < 1.29 is 19.5 Å². The monoisotopic (exact) mass is 230 g/mol. The molecule has 0 atom stereocenters. The maximum atomic E-state index is 11.0. The van der Waals surface area contributed by atoms with Gasteiger partial charge in [-0.1, -0.05) is 13.0 Å². The van der Waals surface area contributed by atoms with E-state index in [2.05, 4.69) is 16.9 Å². The van der Waals surface area contributed by atoms with Crippen LogP contribution >= 0.6 is 0 Å². The highest BCUT2D eigenvalue weighted by Gasteiger charge is 2.11. The number of nitrogens with one attached hydrogen (secondary N) is 1. The number of nitrogens with two attached hydrogens (primary N) is 1. The lowest BCUT2D eigenvalue weighted by molar-refractivity contribution is -0.151. The number of carboxylic acid groups (broad SMARTS) is 1. The van der Waals surface area contributed by atoms with Crippen molar-refractivity contribution in [1.29, 1.82) is 0 Å². The summed E-state index contributed by atoms with van der Waals surface area (Å²) in [5.74, 6) is -1.84. The van der Waals surface area contributed by atoms with E-state index < -0.39 is 11.9 Å². The third-order valence-electron chi connectivity index (χ3n) is 1.83. The molecule has 0 fully saturated rings. The zero-order valence-electron chi connectivity index (χ0n) is 9.20. The van der Waals surface area contributed by atoms with Crippen molar-refractivity contribution in [2.45, 2.75) is 25.7 Å². The van der Waals surface area contributed by atoms with Crippen molar-refractivity contribution in [2.24, 2.45) is 5.73 Å². The van der Waals surface area contributed by atoms with Gasteiger partial charge in [0, 0.05) is 12.1 Å². The molecule has 0 saturated heterocycles. The van der Waals surface area contributed by atoms with Crippen molar-refractivity contribution >= 4 is 11.9 Å². The van der Waals surface area contributed by atoms with Gasteiger partial charge in [-0.3, -0.25) is 4.79 Å². The highest BCUT2D eigenvalue weighted by Crippen LogP contribution is 1.99. The molecule has 0 aliphatic heterocycles. The van der Waals surface area contributed by atoms with Crippen LogP contribution < -0.4 is 11.2 Å². The quantitative estimate of drug-likeness (QED) is 0.297. The van der Waals surface area contributed by atoms with E-state index in [0.717, 1.165) is 19.3 Å². The molecule has 0 rings (SSSR count). The van der Waals surface area contributed by atoms with Crippen LogP contribution in [0.2, 0.25) is 0 Å². The maximum absolute atomic E-state index is 11.0. The highest BCUT2D eigenvalue weighted by atomic mass is 16.7. The molecular formula is C10H18N2O4. The molecule has 0 aromatic rings. The third kappa shape index (κ3) is 7.95. The summed E-state index contributed by atoms with van der Waals surface area (Å²) in [7, 11) is 0. The summed E-state index contributed by atoms with van der Waals surface area (Å²) in [6.07, 6.45) is 2.43. The standard InChI is InChI=1S/C10H18N2O4/c1-8(10(14)15)7-9(13)16-12-6-4-2-3-5-11/h12H,1-7,11H2,(H,14,15). The van der Waals surface area contributed by atoms with Gasteiger partial charge in [0.15, 0.2) is 0 Å². The number of unbranched alkanes of at least 4 members (excludes halogenated alkanes) is 2. The predicted octanol–water partition coefficient (Wildman–Crippen LogP) is 0.194. The van der Waals surface area contributed by atoms with Crippen molar-refractivity contribution in [3.05, 3.63) is 12.2 Å². The van der Waals surface area contributed by atoms with E-state index in [1.807, 2.05) is 0 Å². The van der Waals surface area contributed by atoms with Gasteiger partial charge >= 0.3 is 11.9 Å². The van der Waals surface area contributed by atoms with Crippen LogP contribution in [-0.2, 0) is 14.4 Å². The van der Waals surface area contributed by atoms with Gasteiger partial charge < -0.3 is 15.7 Å². The number of hydrogen-bond donors (Lipinski definition) is 3. The Morgan fingerprint density at radius 2 is 2.00 bits per heavy atom. The third-order valence-corrected chi connectivity index (χ3v) is 1.83. The Bertz CT molecular complexity index is 253. The summed E-state index contributed by atoms with van der Waals surface area (Å²) >= 11 is 0. The number of carboxylic acids is 1. The summed E-state index contributed by atoms with van der Waals surface area (Å²) in [5, 5.41) is 8.46. The Kier molecular flexibility index (Phi) is 8.10. The highest BCUT2D eigenvalue weighted by molar-refractivity contribution is 5.91. The Morgan fingerprint density at radius 3 is 2.56 bits per heavy atom. The molecule has 0 aromatic carbocycles. The summed E-state index contributed by atoms with van der Waals surface area (Å²) in [4.78, 5) is 26.0. The van der Waals surface area contributed by atoms with Crippen LogP contribution in [0.1, 0.15) is 25.7 Å². The molecule has 16 heavy (non-hydrogen) atoms. The lowest BCUT2D eigenvalue weighted by Gasteiger charge is -2.05. The van der Waals surface area contributed by atoms with E-state index in [4.69, 9.17) is 10.8 Å². The fourth-order valence-electron chi connectivity index (χ4n) is 0.936. The molecule has 0 aliphatic rings. The summed E-state index contributed by atoms with van der Waals surface area (Å²) in [6, 6.07) is 0. The molecule has 0 heterocycles. The smallest absolute Gasteiger partial charge is 0.331 e. The minimum atomic E-state index is -1.19. The van der Waals surface area contributed by atoms with Gasteiger partial charge in [-0.05, 0) is 19.4 Å². The average molecular weight is 230 g/mol. The van der Waals surface area contributed by atoms with Crippen LogP contribution in [0.25, 0.3) is 0 Å². The Morgan fingerprint density at radius 1 is 1.31 bits per heavy atom. The number of aliphatic carboxylic acids is 1. The molecule has 0 unspecified atom stereocenters. The van der Waals surface area contributed by atoms with Crippen molar-refractivity contribution in [1.82, 2.24) is 5.48 Å². The molecule has 0 aromatic heterocycles. The molecule has 0 saturated carbocycles. The molecule has 0 aliphatic carbocycles. The zero-order chi connectivity index (χ0) is 12.4. The van der Waals surface area contributed by atoms with Crippen LogP contribution in [0.3, 0.4) is 0 Å². The lowest BCUT2D eigenvalue weighted by atomic mass is 10.2. The molecule has 0 radical (unpaired) electrons. The molecule has 0 bridgehead atoms. The molecule has 6 heteroatoms. The Labute approximate surface area is 94.4 Å². The average Bonchev–Trinajstić information content (AvgIpc) is 2.23. The number of hydrogen-bond acceptors (Lipinski definition) is 5. The SMILES string of the molecule is C=C(CC(=O)ONCCCCCN)C(=O)O.